The standard InChI is InChI=1S/C13H22O4/c1-4-6-15-12-8-11(9-14-3)17-10-13(12)16-7-5-2/h4-5,11-13H,1-2,6-10H2,3H3/t11?,12-,13+/m0/s1. The maximum atomic E-state index is 5.71. The van der Waals surface area contributed by atoms with Gasteiger partial charge < -0.3 is 18.9 Å². The molecule has 1 fully saturated rings. The SMILES string of the molecule is C=CCO[C@H]1CC(COC)OC[C@H]1OCC=C. The van der Waals surface area contributed by atoms with E-state index in [1.807, 2.05) is 0 Å². The van der Waals surface area contributed by atoms with Gasteiger partial charge in [-0.25, -0.2) is 0 Å². The maximum absolute atomic E-state index is 5.71. The van der Waals surface area contributed by atoms with E-state index in [9.17, 15) is 0 Å². The Morgan fingerprint density at radius 1 is 1.18 bits per heavy atom. The van der Waals surface area contributed by atoms with Crippen LogP contribution in [-0.4, -0.2) is 51.8 Å². The summed E-state index contributed by atoms with van der Waals surface area (Å²) in [6, 6.07) is 0. The summed E-state index contributed by atoms with van der Waals surface area (Å²) in [7, 11) is 1.67. The minimum absolute atomic E-state index is 0.0295. The third-order valence-corrected chi connectivity index (χ3v) is 2.61. The smallest absolute Gasteiger partial charge is 0.107 e. The second kappa shape index (κ2) is 8.42. The molecule has 0 bridgehead atoms. The molecule has 4 heteroatoms. The van der Waals surface area contributed by atoms with Crippen molar-refractivity contribution >= 4 is 0 Å². The van der Waals surface area contributed by atoms with Crippen molar-refractivity contribution in [3.05, 3.63) is 25.3 Å². The molecule has 1 unspecified atom stereocenters. The summed E-state index contributed by atoms with van der Waals surface area (Å²) in [4.78, 5) is 0. The molecule has 0 aromatic rings. The fraction of sp³-hybridized carbons (Fsp3) is 0.692. The molecule has 0 aromatic carbocycles. The fourth-order valence-corrected chi connectivity index (χ4v) is 1.83. The van der Waals surface area contributed by atoms with Crippen LogP contribution >= 0.6 is 0 Å². The molecule has 3 atom stereocenters. The zero-order valence-electron chi connectivity index (χ0n) is 10.5. The lowest BCUT2D eigenvalue weighted by Crippen LogP contribution is -2.45. The number of methoxy groups -OCH3 is 1. The molecule has 1 aliphatic rings. The van der Waals surface area contributed by atoms with E-state index in [1.54, 1.807) is 19.3 Å². The highest BCUT2D eigenvalue weighted by atomic mass is 16.6. The minimum atomic E-state index is -0.0407. The Labute approximate surface area is 103 Å². The van der Waals surface area contributed by atoms with Crippen LogP contribution < -0.4 is 0 Å². The van der Waals surface area contributed by atoms with Gasteiger partial charge in [-0.2, -0.15) is 0 Å². The second-order valence-corrected chi connectivity index (χ2v) is 3.97. The number of hydrogen-bond acceptors (Lipinski definition) is 4. The van der Waals surface area contributed by atoms with Crippen LogP contribution in [0.1, 0.15) is 6.42 Å². The molecule has 4 nitrogen and oxygen atoms in total. The predicted molar refractivity (Wildman–Crippen MR) is 66.1 cm³/mol. The van der Waals surface area contributed by atoms with Crippen LogP contribution in [0.3, 0.4) is 0 Å². The molecule has 0 radical (unpaired) electrons. The van der Waals surface area contributed by atoms with E-state index in [-0.39, 0.29) is 18.3 Å². The summed E-state index contributed by atoms with van der Waals surface area (Å²) in [5.41, 5.74) is 0. The first kappa shape index (κ1) is 14.4. The van der Waals surface area contributed by atoms with Gasteiger partial charge in [0.15, 0.2) is 0 Å². The average molecular weight is 242 g/mol. The summed E-state index contributed by atoms with van der Waals surface area (Å²) in [6.45, 7) is 9.44. The van der Waals surface area contributed by atoms with Gasteiger partial charge in [0.05, 0.1) is 38.6 Å². The largest absolute Gasteiger partial charge is 0.382 e. The van der Waals surface area contributed by atoms with Gasteiger partial charge in [-0.3, -0.25) is 0 Å². The van der Waals surface area contributed by atoms with Crippen LogP contribution in [0.25, 0.3) is 0 Å². The quantitative estimate of drug-likeness (QED) is 0.605. The second-order valence-electron chi connectivity index (χ2n) is 3.97. The highest BCUT2D eigenvalue weighted by Gasteiger charge is 2.32. The van der Waals surface area contributed by atoms with Crippen molar-refractivity contribution < 1.29 is 18.9 Å². The van der Waals surface area contributed by atoms with Crippen molar-refractivity contribution in [3.63, 3.8) is 0 Å². The molecule has 0 spiro atoms. The molecule has 1 aliphatic heterocycles. The van der Waals surface area contributed by atoms with Crippen molar-refractivity contribution in [2.75, 3.05) is 33.5 Å². The van der Waals surface area contributed by atoms with Crippen molar-refractivity contribution in [2.24, 2.45) is 0 Å². The number of hydrogen-bond donors (Lipinski definition) is 0. The molecule has 1 heterocycles. The first-order valence-electron chi connectivity index (χ1n) is 5.87. The summed E-state index contributed by atoms with van der Waals surface area (Å²) in [6.07, 6.45) is 4.32. The summed E-state index contributed by atoms with van der Waals surface area (Å²) in [5, 5.41) is 0. The Bertz CT molecular complexity index is 229. The Morgan fingerprint density at radius 2 is 1.82 bits per heavy atom. The van der Waals surface area contributed by atoms with Gasteiger partial charge in [0.25, 0.3) is 0 Å². The summed E-state index contributed by atoms with van der Waals surface area (Å²) < 4.78 is 22.1. The predicted octanol–water partition coefficient (Wildman–Crippen LogP) is 1.56. The average Bonchev–Trinajstić information content (AvgIpc) is 2.35. The molecule has 1 saturated heterocycles. The van der Waals surface area contributed by atoms with Crippen LogP contribution in [0.4, 0.5) is 0 Å². The normalized spacial score (nSPS) is 28.9. The third kappa shape index (κ3) is 5.00. The summed E-state index contributed by atoms with van der Waals surface area (Å²) >= 11 is 0. The van der Waals surface area contributed by atoms with E-state index >= 15 is 0 Å². The Morgan fingerprint density at radius 3 is 2.41 bits per heavy atom. The van der Waals surface area contributed by atoms with Crippen molar-refractivity contribution in [1.29, 1.82) is 0 Å². The molecule has 98 valence electrons. The molecule has 0 amide bonds. The van der Waals surface area contributed by atoms with Crippen LogP contribution in [0, 0.1) is 0 Å². The van der Waals surface area contributed by atoms with Crippen LogP contribution in [-0.2, 0) is 18.9 Å². The Hall–Kier alpha value is -0.680. The molecular formula is C13H22O4. The van der Waals surface area contributed by atoms with Gasteiger partial charge in [-0.1, -0.05) is 12.2 Å². The lowest BCUT2D eigenvalue weighted by molar-refractivity contribution is -0.165. The molecule has 0 aliphatic carbocycles. The zero-order valence-corrected chi connectivity index (χ0v) is 10.5. The van der Waals surface area contributed by atoms with Crippen LogP contribution in [0.2, 0.25) is 0 Å². The lowest BCUT2D eigenvalue weighted by Gasteiger charge is -2.35. The number of ether oxygens (including phenoxy) is 4. The monoisotopic (exact) mass is 242 g/mol. The first-order chi connectivity index (χ1) is 8.31. The van der Waals surface area contributed by atoms with Crippen LogP contribution in [0.5, 0.6) is 0 Å². The van der Waals surface area contributed by atoms with E-state index in [4.69, 9.17) is 18.9 Å². The number of rotatable bonds is 8. The summed E-state index contributed by atoms with van der Waals surface area (Å²) in [5.74, 6) is 0. The van der Waals surface area contributed by atoms with Crippen molar-refractivity contribution in [3.8, 4) is 0 Å². The fourth-order valence-electron chi connectivity index (χ4n) is 1.83. The van der Waals surface area contributed by atoms with Gasteiger partial charge >= 0.3 is 0 Å². The van der Waals surface area contributed by atoms with E-state index in [1.165, 1.54) is 0 Å². The van der Waals surface area contributed by atoms with E-state index in [0.29, 0.717) is 26.4 Å². The molecule has 17 heavy (non-hydrogen) atoms. The van der Waals surface area contributed by atoms with Gasteiger partial charge in [-0.05, 0) is 0 Å². The van der Waals surface area contributed by atoms with E-state index in [2.05, 4.69) is 13.2 Å². The van der Waals surface area contributed by atoms with Crippen LogP contribution in [0.15, 0.2) is 25.3 Å². The maximum Gasteiger partial charge on any atom is 0.107 e. The third-order valence-electron chi connectivity index (χ3n) is 2.61. The molecular weight excluding hydrogens is 220 g/mol. The zero-order chi connectivity index (χ0) is 12.5. The van der Waals surface area contributed by atoms with Gasteiger partial charge in [-0.15, -0.1) is 13.2 Å². The van der Waals surface area contributed by atoms with E-state index < -0.39 is 0 Å². The minimum Gasteiger partial charge on any atom is -0.382 e. The lowest BCUT2D eigenvalue weighted by atomic mass is 10.0. The van der Waals surface area contributed by atoms with Crippen molar-refractivity contribution in [2.45, 2.75) is 24.7 Å². The van der Waals surface area contributed by atoms with E-state index in [0.717, 1.165) is 6.42 Å². The van der Waals surface area contributed by atoms with Gasteiger partial charge in [0, 0.05) is 13.5 Å². The highest BCUT2D eigenvalue weighted by molar-refractivity contribution is 4.83. The topological polar surface area (TPSA) is 36.9 Å². The Balaban J connectivity index is 2.45. The molecule has 0 N–H and O–H groups in total. The molecule has 1 rings (SSSR count). The first-order valence-corrected chi connectivity index (χ1v) is 5.87. The Kier molecular flexibility index (Phi) is 7.12. The van der Waals surface area contributed by atoms with Crippen molar-refractivity contribution in [1.82, 2.24) is 0 Å². The van der Waals surface area contributed by atoms with Gasteiger partial charge in [0.2, 0.25) is 0 Å². The molecule has 0 aromatic heterocycles. The molecule has 0 saturated carbocycles. The highest BCUT2D eigenvalue weighted by Crippen LogP contribution is 2.20. The van der Waals surface area contributed by atoms with Gasteiger partial charge in [0.1, 0.15) is 6.10 Å².